The Morgan fingerprint density at radius 2 is 1.75 bits per heavy atom. The lowest BCUT2D eigenvalue weighted by molar-refractivity contribution is 0.0951. The van der Waals surface area contributed by atoms with Crippen LogP contribution >= 0.6 is 0 Å². The van der Waals surface area contributed by atoms with Gasteiger partial charge >= 0.3 is 0 Å². The Labute approximate surface area is 116 Å². The minimum atomic E-state index is -0.371. The number of carbonyl (C=O) groups is 2. The fourth-order valence-corrected chi connectivity index (χ4v) is 1.61. The maximum Gasteiger partial charge on any atom is 0.273 e. The molecule has 0 radical (unpaired) electrons. The van der Waals surface area contributed by atoms with E-state index in [4.69, 9.17) is 0 Å². The van der Waals surface area contributed by atoms with Gasteiger partial charge in [0.25, 0.3) is 11.8 Å². The summed E-state index contributed by atoms with van der Waals surface area (Å²) in [5.41, 5.74) is 0.582. The van der Waals surface area contributed by atoms with Gasteiger partial charge < -0.3 is 10.6 Å². The first-order valence-corrected chi connectivity index (χ1v) is 6.18. The van der Waals surface area contributed by atoms with Gasteiger partial charge in [0, 0.05) is 24.5 Å². The number of hydrogen-bond donors (Lipinski definition) is 2. The number of hydrogen-bond acceptors (Lipinski definition) is 4. The summed E-state index contributed by atoms with van der Waals surface area (Å²) in [6.45, 7) is 2.28. The molecule has 20 heavy (non-hydrogen) atoms. The van der Waals surface area contributed by atoms with E-state index in [1.54, 1.807) is 31.2 Å². The fraction of sp³-hybridized carbons (Fsp3) is 0.143. The van der Waals surface area contributed by atoms with Crippen molar-refractivity contribution in [1.82, 2.24) is 15.3 Å². The Morgan fingerprint density at radius 1 is 1.05 bits per heavy atom. The van der Waals surface area contributed by atoms with Gasteiger partial charge in [-0.2, -0.15) is 0 Å². The molecular formula is C14H14N4O2. The van der Waals surface area contributed by atoms with Crippen LogP contribution in [0.4, 0.5) is 5.82 Å². The molecule has 0 spiro atoms. The lowest BCUT2D eigenvalue weighted by atomic mass is 10.2. The minimum absolute atomic E-state index is 0.0960. The van der Waals surface area contributed by atoms with E-state index in [1.807, 2.05) is 6.07 Å². The number of rotatable bonds is 4. The fourth-order valence-electron chi connectivity index (χ4n) is 1.61. The highest BCUT2D eigenvalue weighted by Gasteiger charge is 2.16. The van der Waals surface area contributed by atoms with Crippen molar-refractivity contribution in [2.75, 3.05) is 11.9 Å². The predicted molar refractivity (Wildman–Crippen MR) is 74.4 cm³/mol. The Balaban J connectivity index is 2.21. The van der Waals surface area contributed by atoms with Gasteiger partial charge in [0.15, 0.2) is 11.5 Å². The molecule has 1 aromatic heterocycles. The third-order valence-electron chi connectivity index (χ3n) is 2.52. The molecule has 0 bridgehead atoms. The maximum atomic E-state index is 12.0. The minimum Gasteiger partial charge on any atom is -0.351 e. The number of aromatic nitrogens is 2. The van der Waals surface area contributed by atoms with Crippen molar-refractivity contribution in [3.05, 3.63) is 54.0 Å². The second-order valence-electron chi connectivity index (χ2n) is 3.93. The largest absolute Gasteiger partial charge is 0.351 e. The number of nitrogens with one attached hydrogen (secondary N) is 2. The first-order chi connectivity index (χ1) is 9.72. The van der Waals surface area contributed by atoms with Crippen LogP contribution in [0.25, 0.3) is 0 Å². The molecule has 2 amide bonds. The zero-order valence-electron chi connectivity index (χ0n) is 11.0. The van der Waals surface area contributed by atoms with Crippen LogP contribution in [0.2, 0.25) is 0 Å². The molecule has 0 fully saturated rings. The Bertz CT molecular complexity index is 614. The second-order valence-corrected chi connectivity index (χ2v) is 3.93. The van der Waals surface area contributed by atoms with Gasteiger partial charge in [-0.3, -0.25) is 9.59 Å². The van der Waals surface area contributed by atoms with E-state index >= 15 is 0 Å². The summed E-state index contributed by atoms with van der Waals surface area (Å²) in [6.07, 6.45) is 2.83. The predicted octanol–water partition coefficient (Wildman–Crippen LogP) is 1.48. The number of carbonyl (C=O) groups excluding carboxylic acids is 2. The van der Waals surface area contributed by atoms with Crippen LogP contribution in [0.3, 0.4) is 0 Å². The summed E-state index contributed by atoms with van der Waals surface area (Å²) in [4.78, 5) is 31.8. The third kappa shape index (κ3) is 3.17. The molecule has 1 aromatic carbocycles. The van der Waals surface area contributed by atoms with E-state index in [0.29, 0.717) is 12.1 Å². The summed E-state index contributed by atoms with van der Waals surface area (Å²) in [7, 11) is 0. The lowest BCUT2D eigenvalue weighted by Gasteiger charge is -2.08. The average molecular weight is 270 g/mol. The molecule has 2 N–H and O–H groups in total. The van der Waals surface area contributed by atoms with Crippen molar-refractivity contribution in [2.45, 2.75) is 6.92 Å². The number of benzene rings is 1. The molecule has 2 rings (SSSR count). The molecule has 0 saturated carbocycles. The van der Waals surface area contributed by atoms with E-state index in [0.717, 1.165) is 0 Å². The first kappa shape index (κ1) is 13.7. The van der Waals surface area contributed by atoms with Crippen molar-refractivity contribution in [3.63, 3.8) is 0 Å². The third-order valence-corrected chi connectivity index (χ3v) is 2.52. The molecule has 0 aliphatic rings. The van der Waals surface area contributed by atoms with Crippen molar-refractivity contribution in [2.24, 2.45) is 0 Å². The smallest absolute Gasteiger partial charge is 0.273 e. The molecule has 1 heterocycles. The molecule has 6 nitrogen and oxygen atoms in total. The zero-order chi connectivity index (χ0) is 14.4. The summed E-state index contributed by atoms with van der Waals surface area (Å²) >= 11 is 0. The number of anilines is 1. The summed E-state index contributed by atoms with van der Waals surface area (Å²) < 4.78 is 0. The van der Waals surface area contributed by atoms with Gasteiger partial charge in [-0.05, 0) is 19.1 Å². The lowest BCUT2D eigenvalue weighted by Crippen LogP contribution is -2.26. The monoisotopic (exact) mass is 270 g/mol. The molecule has 102 valence electrons. The van der Waals surface area contributed by atoms with Crippen LogP contribution in [0, 0.1) is 0 Å². The highest BCUT2D eigenvalue weighted by atomic mass is 16.2. The molecule has 2 aromatic rings. The van der Waals surface area contributed by atoms with Crippen LogP contribution in [-0.2, 0) is 0 Å². The highest BCUT2D eigenvalue weighted by molar-refractivity contribution is 6.07. The van der Waals surface area contributed by atoms with Crippen molar-refractivity contribution in [1.29, 1.82) is 0 Å². The zero-order valence-corrected chi connectivity index (χ0v) is 11.0. The van der Waals surface area contributed by atoms with Gasteiger partial charge in [-0.25, -0.2) is 9.97 Å². The molecule has 0 aliphatic heterocycles. The Morgan fingerprint density at radius 3 is 2.45 bits per heavy atom. The van der Waals surface area contributed by atoms with Crippen LogP contribution in [-0.4, -0.2) is 28.3 Å². The van der Waals surface area contributed by atoms with E-state index in [1.165, 1.54) is 12.4 Å². The topological polar surface area (TPSA) is 84.0 Å². The standard InChI is InChI=1S/C14H14N4O2/c1-2-15-14(20)11-12(17-9-8-16-11)18-13(19)10-6-4-3-5-7-10/h3-9H,2H2,1H3,(H,15,20)(H,17,18,19). The van der Waals surface area contributed by atoms with Crippen molar-refractivity contribution >= 4 is 17.6 Å². The highest BCUT2D eigenvalue weighted by Crippen LogP contribution is 2.10. The van der Waals surface area contributed by atoms with Crippen molar-refractivity contribution in [3.8, 4) is 0 Å². The molecule has 0 saturated heterocycles. The van der Waals surface area contributed by atoms with E-state index in [9.17, 15) is 9.59 Å². The van der Waals surface area contributed by atoms with Gasteiger partial charge in [0.1, 0.15) is 0 Å². The van der Waals surface area contributed by atoms with Gasteiger partial charge in [0.2, 0.25) is 0 Å². The van der Waals surface area contributed by atoms with Gasteiger partial charge in [-0.15, -0.1) is 0 Å². The number of amides is 2. The van der Waals surface area contributed by atoms with E-state index in [-0.39, 0.29) is 23.3 Å². The summed E-state index contributed by atoms with van der Waals surface area (Å²) in [5, 5.41) is 5.22. The number of nitrogens with zero attached hydrogens (tertiary/aromatic N) is 2. The summed E-state index contributed by atoms with van der Waals surface area (Å²) in [6, 6.07) is 8.70. The normalized spacial score (nSPS) is 9.85. The molecule has 6 heteroatoms. The second kappa shape index (κ2) is 6.42. The first-order valence-electron chi connectivity index (χ1n) is 6.18. The van der Waals surface area contributed by atoms with Crippen LogP contribution < -0.4 is 10.6 Å². The van der Waals surface area contributed by atoms with Crippen molar-refractivity contribution < 1.29 is 9.59 Å². The average Bonchev–Trinajstić information content (AvgIpc) is 2.49. The molecule has 0 unspecified atom stereocenters. The van der Waals surface area contributed by atoms with Gasteiger partial charge in [-0.1, -0.05) is 18.2 Å². The van der Waals surface area contributed by atoms with Crippen LogP contribution in [0.1, 0.15) is 27.8 Å². The van der Waals surface area contributed by atoms with E-state index < -0.39 is 0 Å². The molecular weight excluding hydrogens is 256 g/mol. The van der Waals surface area contributed by atoms with Crippen LogP contribution in [0.5, 0.6) is 0 Å². The molecule has 0 atom stereocenters. The Hall–Kier alpha value is -2.76. The maximum absolute atomic E-state index is 12.0. The SMILES string of the molecule is CCNC(=O)c1nccnc1NC(=O)c1ccccc1. The summed E-state index contributed by atoms with van der Waals surface area (Å²) in [5.74, 6) is -0.562. The van der Waals surface area contributed by atoms with Gasteiger partial charge in [0.05, 0.1) is 0 Å². The molecule has 0 aliphatic carbocycles. The quantitative estimate of drug-likeness (QED) is 0.881. The van der Waals surface area contributed by atoms with Crippen LogP contribution in [0.15, 0.2) is 42.7 Å². The Kier molecular flexibility index (Phi) is 4.39. The van der Waals surface area contributed by atoms with E-state index in [2.05, 4.69) is 20.6 Å².